The van der Waals surface area contributed by atoms with E-state index in [9.17, 15) is 14.4 Å². The molecule has 7 heteroatoms. The second kappa shape index (κ2) is 7.26. The third kappa shape index (κ3) is 3.05. The normalized spacial score (nSPS) is 13.2. The van der Waals surface area contributed by atoms with Crippen LogP contribution in [0.5, 0.6) is 0 Å². The zero-order chi connectivity index (χ0) is 19.7. The number of amides is 3. The van der Waals surface area contributed by atoms with Crippen LogP contribution in [0.25, 0.3) is 11.0 Å². The molecule has 0 unspecified atom stereocenters. The van der Waals surface area contributed by atoms with Crippen LogP contribution in [0.1, 0.15) is 40.5 Å². The highest BCUT2D eigenvalue weighted by Gasteiger charge is 2.34. The summed E-state index contributed by atoms with van der Waals surface area (Å²) >= 11 is 0. The summed E-state index contributed by atoms with van der Waals surface area (Å²) in [5.41, 5.74) is 2.64. The second-order valence-corrected chi connectivity index (χ2v) is 6.63. The molecule has 3 amide bonds. The predicted octanol–water partition coefficient (Wildman–Crippen LogP) is 3.07. The number of anilines is 1. The molecule has 1 aliphatic heterocycles. The maximum absolute atomic E-state index is 12.4. The number of imidazole rings is 1. The molecule has 142 valence electrons. The number of carbonyl (C=O) groups is 3. The van der Waals surface area contributed by atoms with Crippen LogP contribution in [-0.4, -0.2) is 38.7 Å². The number of carbonyl (C=O) groups excluding carboxylic acids is 3. The molecule has 28 heavy (non-hydrogen) atoms. The van der Waals surface area contributed by atoms with Crippen LogP contribution in [-0.2, 0) is 11.3 Å². The van der Waals surface area contributed by atoms with Gasteiger partial charge in [0.05, 0.1) is 22.2 Å². The number of nitrogens with one attached hydrogen (secondary N) is 1. The minimum Gasteiger partial charge on any atom is -0.310 e. The number of rotatable bonds is 6. The molecule has 7 nitrogen and oxygen atoms in total. The van der Waals surface area contributed by atoms with Gasteiger partial charge in [0.25, 0.3) is 11.8 Å². The molecule has 3 aromatic rings. The van der Waals surface area contributed by atoms with Crippen molar-refractivity contribution in [3.63, 3.8) is 0 Å². The Morgan fingerprint density at radius 3 is 2.32 bits per heavy atom. The van der Waals surface area contributed by atoms with Gasteiger partial charge in [-0.05, 0) is 37.6 Å². The molecule has 0 saturated heterocycles. The number of nitrogens with zero attached hydrogens (tertiary/aromatic N) is 3. The fourth-order valence-electron chi connectivity index (χ4n) is 3.52. The molecule has 0 spiro atoms. The Labute approximate surface area is 162 Å². The van der Waals surface area contributed by atoms with Crippen molar-refractivity contribution in [3.05, 3.63) is 59.7 Å². The van der Waals surface area contributed by atoms with Crippen LogP contribution in [0, 0.1) is 0 Å². The second-order valence-electron chi connectivity index (χ2n) is 6.63. The molecule has 2 aromatic carbocycles. The van der Waals surface area contributed by atoms with Crippen molar-refractivity contribution in [2.45, 2.75) is 26.3 Å². The molecule has 0 aliphatic carbocycles. The Balaban J connectivity index is 1.37. The maximum atomic E-state index is 12.4. The molecule has 0 saturated carbocycles. The summed E-state index contributed by atoms with van der Waals surface area (Å²) in [5, 5.41) is 2.84. The molecule has 0 radical (unpaired) electrons. The van der Waals surface area contributed by atoms with Crippen molar-refractivity contribution >= 4 is 34.7 Å². The molecule has 4 rings (SSSR count). The Morgan fingerprint density at radius 2 is 1.64 bits per heavy atom. The van der Waals surface area contributed by atoms with E-state index in [4.69, 9.17) is 0 Å². The first-order chi connectivity index (χ1) is 13.6. The van der Waals surface area contributed by atoms with Crippen LogP contribution in [0.15, 0.2) is 48.5 Å². The standard InChI is InChI=1S/C21H20N4O3/c1-2-24-17-11-6-5-10-16(17)22-21(24)23-18(26)12-7-13-25-19(27)14-8-3-4-9-15(14)20(25)28/h3-6,8-11H,2,7,12-13H2,1H3,(H,22,23,26). The molecule has 1 N–H and O–H groups in total. The lowest BCUT2D eigenvalue weighted by Crippen LogP contribution is -2.31. The number of imide groups is 1. The minimum atomic E-state index is -0.297. The summed E-state index contributed by atoms with van der Waals surface area (Å²) in [6.45, 7) is 2.89. The van der Waals surface area contributed by atoms with Gasteiger partial charge in [-0.3, -0.25) is 24.6 Å². The molecule has 1 aliphatic rings. The van der Waals surface area contributed by atoms with Crippen molar-refractivity contribution in [1.29, 1.82) is 0 Å². The summed E-state index contributed by atoms with van der Waals surface area (Å²) in [5.74, 6) is -0.279. The number of aryl methyl sites for hydroxylation is 1. The van der Waals surface area contributed by atoms with E-state index in [0.717, 1.165) is 11.0 Å². The van der Waals surface area contributed by atoms with Crippen LogP contribution in [0.3, 0.4) is 0 Å². The minimum absolute atomic E-state index is 0.193. The van der Waals surface area contributed by atoms with Crippen molar-refractivity contribution in [3.8, 4) is 0 Å². The largest absolute Gasteiger partial charge is 0.310 e. The molecular formula is C21H20N4O3. The first-order valence-electron chi connectivity index (χ1n) is 9.30. The number of para-hydroxylation sites is 2. The lowest BCUT2D eigenvalue weighted by Gasteiger charge is -2.13. The van der Waals surface area contributed by atoms with E-state index >= 15 is 0 Å². The number of aromatic nitrogens is 2. The lowest BCUT2D eigenvalue weighted by atomic mass is 10.1. The van der Waals surface area contributed by atoms with Crippen molar-refractivity contribution < 1.29 is 14.4 Å². The van der Waals surface area contributed by atoms with E-state index in [-0.39, 0.29) is 30.7 Å². The van der Waals surface area contributed by atoms with Crippen LogP contribution in [0.4, 0.5) is 5.95 Å². The monoisotopic (exact) mass is 376 g/mol. The Bertz CT molecular complexity index is 1050. The van der Waals surface area contributed by atoms with Gasteiger partial charge in [-0.15, -0.1) is 0 Å². The van der Waals surface area contributed by atoms with Gasteiger partial charge in [0.15, 0.2) is 0 Å². The summed E-state index contributed by atoms with van der Waals surface area (Å²) in [4.78, 5) is 42.7. The molecule has 0 bridgehead atoms. The number of fused-ring (bicyclic) bond motifs is 2. The van der Waals surface area contributed by atoms with E-state index in [1.54, 1.807) is 24.3 Å². The van der Waals surface area contributed by atoms with Crippen LogP contribution >= 0.6 is 0 Å². The van der Waals surface area contributed by atoms with Crippen LogP contribution < -0.4 is 5.32 Å². The third-order valence-electron chi connectivity index (χ3n) is 4.89. The SMILES string of the molecule is CCn1c(NC(=O)CCCN2C(=O)c3ccccc3C2=O)nc2ccccc21. The molecular weight excluding hydrogens is 356 g/mol. The first-order valence-corrected chi connectivity index (χ1v) is 9.30. The average Bonchev–Trinajstić information content (AvgIpc) is 3.17. The van der Waals surface area contributed by atoms with E-state index in [2.05, 4.69) is 10.3 Å². The first kappa shape index (κ1) is 17.9. The van der Waals surface area contributed by atoms with Crippen LogP contribution in [0.2, 0.25) is 0 Å². The smallest absolute Gasteiger partial charge is 0.261 e. The fraction of sp³-hybridized carbons (Fsp3) is 0.238. The Hall–Kier alpha value is -3.48. The van der Waals surface area contributed by atoms with Gasteiger partial charge in [-0.2, -0.15) is 0 Å². The van der Waals surface area contributed by atoms with Gasteiger partial charge < -0.3 is 4.57 Å². The maximum Gasteiger partial charge on any atom is 0.261 e. The quantitative estimate of drug-likeness (QED) is 0.670. The highest BCUT2D eigenvalue weighted by Crippen LogP contribution is 2.23. The van der Waals surface area contributed by atoms with Crippen molar-refractivity contribution in [2.24, 2.45) is 0 Å². The summed E-state index contributed by atoms with van der Waals surface area (Å²) in [7, 11) is 0. The highest BCUT2D eigenvalue weighted by molar-refractivity contribution is 6.21. The average molecular weight is 376 g/mol. The Kier molecular flexibility index (Phi) is 4.65. The number of hydrogen-bond acceptors (Lipinski definition) is 4. The van der Waals surface area contributed by atoms with Gasteiger partial charge >= 0.3 is 0 Å². The lowest BCUT2D eigenvalue weighted by molar-refractivity contribution is -0.116. The number of hydrogen-bond donors (Lipinski definition) is 1. The van der Waals surface area contributed by atoms with Crippen molar-refractivity contribution in [2.75, 3.05) is 11.9 Å². The van der Waals surface area contributed by atoms with E-state index < -0.39 is 0 Å². The fourth-order valence-corrected chi connectivity index (χ4v) is 3.52. The highest BCUT2D eigenvalue weighted by atomic mass is 16.2. The summed E-state index contributed by atoms with van der Waals surface area (Å²) < 4.78 is 1.94. The molecule has 1 aromatic heterocycles. The Morgan fingerprint density at radius 1 is 1.00 bits per heavy atom. The van der Waals surface area contributed by atoms with Gasteiger partial charge in [0, 0.05) is 19.5 Å². The topological polar surface area (TPSA) is 84.3 Å². The molecule has 2 heterocycles. The van der Waals surface area contributed by atoms with Gasteiger partial charge in [-0.1, -0.05) is 24.3 Å². The number of benzene rings is 2. The van der Waals surface area contributed by atoms with E-state index in [1.807, 2.05) is 35.8 Å². The molecule has 0 fully saturated rings. The van der Waals surface area contributed by atoms with Crippen molar-refractivity contribution in [1.82, 2.24) is 14.5 Å². The summed E-state index contributed by atoms with van der Waals surface area (Å²) in [6.07, 6.45) is 0.587. The van der Waals surface area contributed by atoms with E-state index in [1.165, 1.54) is 4.90 Å². The van der Waals surface area contributed by atoms with Gasteiger partial charge in [0.1, 0.15) is 0 Å². The summed E-state index contributed by atoms with van der Waals surface area (Å²) in [6, 6.07) is 14.5. The third-order valence-corrected chi connectivity index (χ3v) is 4.89. The van der Waals surface area contributed by atoms with Gasteiger partial charge in [-0.25, -0.2) is 4.98 Å². The van der Waals surface area contributed by atoms with Gasteiger partial charge in [0.2, 0.25) is 11.9 Å². The zero-order valence-corrected chi connectivity index (χ0v) is 15.5. The predicted molar refractivity (Wildman–Crippen MR) is 105 cm³/mol. The molecule has 0 atom stereocenters. The van der Waals surface area contributed by atoms with E-state index in [0.29, 0.717) is 30.0 Å². The zero-order valence-electron chi connectivity index (χ0n) is 15.5.